The zero-order valence-corrected chi connectivity index (χ0v) is 22.3. The molecule has 0 aliphatic heterocycles. The molecule has 3 rings (SSSR count). The maximum atomic E-state index is 13.2. The number of rotatable bonds is 9. The van der Waals surface area contributed by atoms with Crippen LogP contribution in [0.5, 0.6) is 0 Å². The Bertz CT molecular complexity index is 1090. The third kappa shape index (κ3) is 6.46. The smallest absolute Gasteiger partial charge is 0.253 e. The number of hydrogen-bond acceptors (Lipinski definition) is 5. The summed E-state index contributed by atoms with van der Waals surface area (Å²) in [5, 5.41) is 12.7. The Morgan fingerprint density at radius 2 is 1.80 bits per heavy atom. The van der Waals surface area contributed by atoms with E-state index in [0.29, 0.717) is 34.8 Å². The fourth-order valence-electron chi connectivity index (χ4n) is 5.34. The lowest BCUT2D eigenvalue weighted by atomic mass is 9.88. The van der Waals surface area contributed by atoms with Crippen molar-refractivity contribution in [2.75, 3.05) is 31.6 Å². The lowest BCUT2D eigenvalue weighted by Gasteiger charge is -2.41. The molecule has 0 spiro atoms. The summed E-state index contributed by atoms with van der Waals surface area (Å²) in [6, 6.07) is 6.43. The summed E-state index contributed by atoms with van der Waals surface area (Å²) in [7, 11) is 2.08. The van der Waals surface area contributed by atoms with Crippen LogP contribution in [0.25, 0.3) is 0 Å². The average molecular weight is 503 g/mol. The Morgan fingerprint density at radius 3 is 2.40 bits per heavy atom. The molecule has 0 radical (unpaired) electrons. The number of hydrogen-bond donors (Lipinski definition) is 3. The van der Waals surface area contributed by atoms with Gasteiger partial charge in [-0.1, -0.05) is 11.6 Å². The van der Waals surface area contributed by atoms with Gasteiger partial charge in [0, 0.05) is 59.2 Å². The van der Waals surface area contributed by atoms with E-state index in [9.17, 15) is 14.7 Å². The predicted molar refractivity (Wildman–Crippen MR) is 143 cm³/mol. The maximum Gasteiger partial charge on any atom is 0.253 e. The molecule has 1 heterocycles. The van der Waals surface area contributed by atoms with Crippen molar-refractivity contribution >= 4 is 23.2 Å². The number of aliphatic hydroxyl groups is 1. The van der Waals surface area contributed by atoms with Crippen molar-refractivity contribution in [2.45, 2.75) is 72.0 Å². The second kappa shape index (κ2) is 12.1. The highest BCUT2D eigenvalue weighted by Crippen LogP contribution is 2.34. The van der Waals surface area contributed by atoms with Crippen LogP contribution in [0.2, 0.25) is 5.02 Å². The number of carbonyl (C=O) groups is 1. The Morgan fingerprint density at radius 1 is 1.14 bits per heavy atom. The molecule has 0 unspecified atom stereocenters. The first-order chi connectivity index (χ1) is 16.7. The van der Waals surface area contributed by atoms with Crippen LogP contribution in [0, 0.1) is 20.8 Å². The van der Waals surface area contributed by atoms with Gasteiger partial charge in [-0.05, 0) is 89.8 Å². The van der Waals surface area contributed by atoms with E-state index in [1.165, 1.54) is 0 Å². The molecule has 1 aliphatic carbocycles. The first-order valence-corrected chi connectivity index (χ1v) is 12.9. The van der Waals surface area contributed by atoms with E-state index >= 15 is 0 Å². The van der Waals surface area contributed by atoms with Gasteiger partial charge < -0.3 is 25.2 Å². The number of aromatic amines is 1. The normalized spacial score (nSPS) is 18.1. The van der Waals surface area contributed by atoms with Crippen LogP contribution in [0.3, 0.4) is 0 Å². The van der Waals surface area contributed by atoms with Crippen LogP contribution >= 0.6 is 11.6 Å². The summed E-state index contributed by atoms with van der Waals surface area (Å²) >= 11 is 6.50. The monoisotopic (exact) mass is 502 g/mol. The average Bonchev–Trinajstić information content (AvgIpc) is 2.81. The number of pyridine rings is 1. The van der Waals surface area contributed by atoms with Gasteiger partial charge in [0.05, 0.1) is 6.61 Å². The first kappa shape index (κ1) is 27.2. The van der Waals surface area contributed by atoms with E-state index in [2.05, 4.69) is 34.1 Å². The van der Waals surface area contributed by atoms with Crippen molar-refractivity contribution in [3.8, 4) is 0 Å². The lowest BCUT2D eigenvalue weighted by Crippen LogP contribution is -2.44. The van der Waals surface area contributed by atoms with Crippen LogP contribution in [0.4, 0.5) is 5.69 Å². The molecule has 1 amide bonds. The van der Waals surface area contributed by atoms with Gasteiger partial charge in [0.1, 0.15) is 0 Å². The summed E-state index contributed by atoms with van der Waals surface area (Å²) in [6.07, 6.45) is 4.26. The summed E-state index contributed by atoms with van der Waals surface area (Å²) in [4.78, 5) is 32.9. The molecule has 0 saturated heterocycles. The van der Waals surface area contributed by atoms with Crippen molar-refractivity contribution in [1.29, 1.82) is 0 Å². The largest absolute Gasteiger partial charge is 0.395 e. The number of nitrogens with one attached hydrogen (secondary N) is 2. The number of aryl methyl sites for hydroxylation is 2. The fourth-order valence-corrected chi connectivity index (χ4v) is 5.55. The number of nitrogens with zero attached hydrogens (tertiary/aromatic N) is 2. The second-order valence-electron chi connectivity index (χ2n) is 9.68. The molecule has 1 aromatic carbocycles. The number of aromatic nitrogens is 1. The Balaban J connectivity index is 1.77. The molecule has 3 N–H and O–H groups in total. The molecule has 1 saturated carbocycles. The number of aliphatic hydroxyl groups excluding tert-OH is 1. The number of halogens is 1. The summed E-state index contributed by atoms with van der Waals surface area (Å²) in [6.45, 7) is 9.68. The Hall–Kier alpha value is -2.35. The number of likely N-dealkylation sites (N-methyl/N-ethyl adjacent to an activating group) is 1. The third-order valence-corrected chi connectivity index (χ3v) is 7.56. The van der Waals surface area contributed by atoms with Gasteiger partial charge in [0.25, 0.3) is 11.5 Å². The molecule has 2 aromatic rings. The first-order valence-electron chi connectivity index (χ1n) is 12.5. The maximum absolute atomic E-state index is 13.2. The SMILES string of the molecule is CCN(c1cc(Cl)cc(C(=O)NCc2c(C)cc(C)[nH]c2=O)c1C)C1CCC(N(C)CCO)CC1. The molecule has 1 aromatic heterocycles. The van der Waals surface area contributed by atoms with Gasteiger partial charge in [0.2, 0.25) is 0 Å². The van der Waals surface area contributed by atoms with Crippen molar-refractivity contribution in [3.63, 3.8) is 0 Å². The second-order valence-corrected chi connectivity index (χ2v) is 10.1. The standard InChI is InChI=1S/C27H39ClN4O3/c1-6-32(22-9-7-21(8-10-22)31(5)11-12-33)25-15-20(28)14-23(19(25)4)26(34)29-16-24-17(2)13-18(3)30-27(24)35/h13-15,21-22,33H,6-12,16H2,1-5H3,(H,29,34)(H,30,35). The molecule has 0 atom stereocenters. The highest BCUT2D eigenvalue weighted by Gasteiger charge is 2.29. The lowest BCUT2D eigenvalue weighted by molar-refractivity contribution is 0.0950. The van der Waals surface area contributed by atoms with Crippen molar-refractivity contribution < 1.29 is 9.90 Å². The fraction of sp³-hybridized carbons (Fsp3) is 0.556. The minimum absolute atomic E-state index is 0.157. The van der Waals surface area contributed by atoms with Crippen LogP contribution in [-0.2, 0) is 6.54 Å². The van der Waals surface area contributed by atoms with Crippen LogP contribution in [-0.4, -0.2) is 59.7 Å². The molecule has 35 heavy (non-hydrogen) atoms. The number of H-pyrrole nitrogens is 1. The van der Waals surface area contributed by atoms with Crippen molar-refractivity contribution in [1.82, 2.24) is 15.2 Å². The van der Waals surface area contributed by atoms with Crippen molar-refractivity contribution in [2.24, 2.45) is 0 Å². The number of carbonyl (C=O) groups excluding carboxylic acids is 1. The van der Waals surface area contributed by atoms with Crippen molar-refractivity contribution in [3.05, 3.63) is 61.5 Å². The third-order valence-electron chi connectivity index (χ3n) is 7.34. The number of amides is 1. The molecule has 7 nitrogen and oxygen atoms in total. The summed E-state index contributed by atoms with van der Waals surface area (Å²) in [5.74, 6) is -0.240. The van der Waals surface area contributed by atoms with Crippen LogP contribution < -0.4 is 15.8 Å². The van der Waals surface area contributed by atoms with E-state index < -0.39 is 0 Å². The van der Waals surface area contributed by atoms with E-state index in [1.54, 1.807) is 6.07 Å². The summed E-state index contributed by atoms with van der Waals surface area (Å²) in [5.41, 5.74) is 4.44. The molecule has 1 aliphatic rings. The Labute approximate surface area is 213 Å². The minimum atomic E-state index is -0.240. The summed E-state index contributed by atoms with van der Waals surface area (Å²) < 4.78 is 0. The quantitative estimate of drug-likeness (QED) is 0.483. The zero-order valence-electron chi connectivity index (χ0n) is 21.6. The van der Waals surface area contributed by atoms with Gasteiger partial charge in [0.15, 0.2) is 0 Å². The van der Waals surface area contributed by atoms with Crippen LogP contribution in [0.1, 0.15) is 65.3 Å². The number of anilines is 1. The highest BCUT2D eigenvalue weighted by molar-refractivity contribution is 6.31. The minimum Gasteiger partial charge on any atom is -0.395 e. The van der Waals surface area contributed by atoms with Gasteiger partial charge in [-0.2, -0.15) is 0 Å². The predicted octanol–water partition coefficient (Wildman–Crippen LogP) is 3.95. The van der Waals surface area contributed by atoms with Gasteiger partial charge in [-0.25, -0.2) is 0 Å². The molecule has 192 valence electrons. The van der Waals surface area contributed by atoms with Gasteiger partial charge in [-0.3, -0.25) is 9.59 Å². The van der Waals surface area contributed by atoms with Gasteiger partial charge >= 0.3 is 0 Å². The Kier molecular flexibility index (Phi) is 9.39. The topological polar surface area (TPSA) is 88.7 Å². The van der Waals surface area contributed by atoms with Gasteiger partial charge in [-0.15, -0.1) is 0 Å². The van der Waals surface area contributed by atoms with E-state index in [-0.39, 0.29) is 24.6 Å². The molecular weight excluding hydrogens is 464 g/mol. The molecule has 8 heteroatoms. The number of benzene rings is 1. The van der Waals surface area contributed by atoms with E-state index in [4.69, 9.17) is 11.6 Å². The molecular formula is C27H39ClN4O3. The van der Waals surface area contributed by atoms with E-state index in [0.717, 1.165) is 54.7 Å². The van der Waals surface area contributed by atoms with E-state index in [1.807, 2.05) is 32.9 Å². The molecule has 0 bridgehead atoms. The molecule has 1 fully saturated rings. The van der Waals surface area contributed by atoms with Crippen LogP contribution in [0.15, 0.2) is 23.0 Å². The highest BCUT2D eigenvalue weighted by atomic mass is 35.5. The zero-order chi connectivity index (χ0) is 25.7.